The van der Waals surface area contributed by atoms with E-state index < -0.39 is 0 Å². The van der Waals surface area contributed by atoms with Gasteiger partial charge in [-0.1, -0.05) is 36.7 Å². The number of carbonyl (C=O) groups is 2. The molecule has 24 heavy (non-hydrogen) atoms. The van der Waals surface area contributed by atoms with Crippen molar-refractivity contribution < 1.29 is 9.59 Å². The third kappa shape index (κ3) is 3.42. The maximum Gasteiger partial charge on any atom is 0.265 e. The molecule has 6 heteroatoms. The molecule has 1 aromatic heterocycles. The number of amides is 2. The summed E-state index contributed by atoms with van der Waals surface area (Å²) in [7, 11) is 0. The molecule has 0 bridgehead atoms. The molecular formula is C18H21ClN2O2S. The number of benzene rings is 1. The average molecular weight is 365 g/mol. The molecule has 0 radical (unpaired) electrons. The first-order valence-corrected chi connectivity index (χ1v) is 9.55. The maximum absolute atomic E-state index is 12.8. The lowest BCUT2D eigenvalue weighted by molar-refractivity contribution is -0.126. The molecule has 2 aromatic rings. The van der Waals surface area contributed by atoms with Crippen molar-refractivity contribution in [2.45, 2.75) is 26.2 Å². The van der Waals surface area contributed by atoms with Gasteiger partial charge in [0, 0.05) is 35.6 Å². The smallest absolute Gasteiger partial charge is 0.265 e. The Balaban J connectivity index is 1.66. The van der Waals surface area contributed by atoms with Crippen molar-refractivity contribution in [3.63, 3.8) is 0 Å². The highest BCUT2D eigenvalue weighted by Gasteiger charge is 2.29. The van der Waals surface area contributed by atoms with Crippen molar-refractivity contribution in [2.75, 3.05) is 19.6 Å². The zero-order chi connectivity index (χ0) is 17.1. The molecule has 1 fully saturated rings. The summed E-state index contributed by atoms with van der Waals surface area (Å²) in [6, 6.07) is 7.79. The van der Waals surface area contributed by atoms with E-state index in [-0.39, 0.29) is 17.7 Å². The molecule has 2 heterocycles. The number of piperidine rings is 1. The molecule has 1 N–H and O–H groups in total. The van der Waals surface area contributed by atoms with E-state index in [1.54, 1.807) is 0 Å². The van der Waals surface area contributed by atoms with Crippen molar-refractivity contribution in [1.29, 1.82) is 0 Å². The van der Waals surface area contributed by atoms with Crippen LogP contribution in [0.1, 0.15) is 35.9 Å². The van der Waals surface area contributed by atoms with Gasteiger partial charge in [0.1, 0.15) is 4.88 Å². The molecule has 128 valence electrons. The number of rotatable bonds is 4. The topological polar surface area (TPSA) is 49.4 Å². The van der Waals surface area contributed by atoms with Crippen molar-refractivity contribution >= 4 is 44.8 Å². The highest BCUT2D eigenvalue weighted by Crippen LogP contribution is 2.36. The van der Waals surface area contributed by atoms with Gasteiger partial charge in [-0.25, -0.2) is 0 Å². The van der Waals surface area contributed by atoms with Gasteiger partial charge in [0.25, 0.3) is 5.91 Å². The normalized spacial score (nSPS) is 15.7. The summed E-state index contributed by atoms with van der Waals surface area (Å²) >= 11 is 7.85. The second-order valence-corrected chi connectivity index (χ2v) is 7.53. The van der Waals surface area contributed by atoms with Crippen LogP contribution < -0.4 is 5.32 Å². The molecule has 0 unspecified atom stereocenters. The molecule has 1 saturated heterocycles. The minimum atomic E-state index is -0.0198. The van der Waals surface area contributed by atoms with E-state index >= 15 is 0 Å². The van der Waals surface area contributed by atoms with Gasteiger partial charge in [0.2, 0.25) is 5.91 Å². The minimum absolute atomic E-state index is 0.0125. The van der Waals surface area contributed by atoms with Gasteiger partial charge >= 0.3 is 0 Å². The third-order valence-corrected chi connectivity index (χ3v) is 6.09. The Morgan fingerprint density at radius 3 is 2.67 bits per heavy atom. The number of nitrogens with zero attached hydrogens (tertiary/aromatic N) is 1. The van der Waals surface area contributed by atoms with E-state index in [1.807, 2.05) is 36.1 Å². The van der Waals surface area contributed by atoms with Crippen LogP contribution in [0, 0.1) is 5.92 Å². The minimum Gasteiger partial charge on any atom is -0.356 e. The summed E-state index contributed by atoms with van der Waals surface area (Å²) in [4.78, 5) is 27.3. The van der Waals surface area contributed by atoms with Gasteiger partial charge in [-0.15, -0.1) is 11.3 Å². The Labute approximate surface area is 150 Å². The van der Waals surface area contributed by atoms with Crippen molar-refractivity contribution in [2.24, 2.45) is 5.92 Å². The molecule has 1 aliphatic rings. The lowest BCUT2D eigenvalue weighted by atomic mass is 9.95. The third-order valence-electron chi connectivity index (χ3n) is 4.43. The van der Waals surface area contributed by atoms with E-state index in [9.17, 15) is 9.59 Å². The molecule has 3 rings (SSSR count). The first-order valence-electron chi connectivity index (χ1n) is 8.35. The van der Waals surface area contributed by atoms with Gasteiger partial charge in [-0.2, -0.15) is 0 Å². The monoisotopic (exact) mass is 364 g/mol. The van der Waals surface area contributed by atoms with E-state index in [4.69, 9.17) is 11.6 Å². The zero-order valence-electron chi connectivity index (χ0n) is 13.7. The molecule has 0 aliphatic carbocycles. The highest BCUT2D eigenvalue weighted by molar-refractivity contribution is 7.21. The number of hydrogen-bond acceptors (Lipinski definition) is 3. The van der Waals surface area contributed by atoms with E-state index in [0.29, 0.717) is 35.8 Å². The maximum atomic E-state index is 12.8. The summed E-state index contributed by atoms with van der Waals surface area (Å²) in [5.74, 6) is 0.107. The van der Waals surface area contributed by atoms with Crippen LogP contribution in [-0.2, 0) is 4.79 Å². The van der Waals surface area contributed by atoms with Gasteiger partial charge in [-0.05, 0) is 25.3 Å². The summed E-state index contributed by atoms with van der Waals surface area (Å²) < 4.78 is 1.03. The number of fused-ring (bicyclic) bond motifs is 1. The van der Waals surface area contributed by atoms with Crippen LogP contribution in [0.2, 0.25) is 5.02 Å². The first kappa shape index (κ1) is 17.2. The predicted molar refractivity (Wildman–Crippen MR) is 98.8 cm³/mol. The van der Waals surface area contributed by atoms with E-state index in [1.165, 1.54) is 11.3 Å². The Hall–Kier alpha value is -1.59. The summed E-state index contributed by atoms with van der Waals surface area (Å²) in [6.07, 6.45) is 2.36. The van der Waals surface area contributed by atoms with Crippen molar-refractivity contribution in [1.82, 2.24) is 10.2 Å². The summed E-state index contributed by atoms with van der Waals surface area (Å²) in [5, 5.41) is 4.42. The standard InChI is InChI=1S/C18H21ClN2O2S/c1-2-9-20-17(22)12-7-10-21(11-8-12)18(23)16-15(19)13-5-3-4-6-14(13)24-16/h3-6,12H,2,7-11H2,1H3,(H,20,22). The quantitative estimate of drug-likeness (QED) is 0.893. The Bertz CT molecular complexity index is 751. The molecule has 2 amide bonds. The van der Waals surface area contributed by atoms with Gasteiger partial charge < -0.3 is 10.2 Å². The van der Waals surface area contributed by atoms with Crippen LogP contribution in [0.5, 0.6) is 0 Å². The zero-order valence-corrected chi connectivity index (χ0v) is 15.3. The largest absolute Gasteiger partial charge is 0.356 e. The van der Waals surface area contributed by atoms with Gasteiger partial charge in [0.05, 0.1) is 5.02 Å². The van der Waals surface area contributed by atoms with Crippen LogP contribution in [0.15, 0.2) is 24.3 Å². The Kier molecular flexibility index (Phi) is 5.41. The Morgan fingerprint density at radius 1 is 1.29 bits per heavy atom. The van der Waals surface area contributed by atoms with Gasteiger partial charge in [0.15, 0.2) is 0 Å². The SMILES string of the molecule is CCCNC(=O)C1CCN(C(=O)c2sc3ccccc3c2Cl)CC1. The molecule has 1 aliphatic heterocycles. The van der Waals surface area contributed by atoms with Crippen molar-refractivity contribution in [3.05, 3.63) is 34.2 Å². The second kappa shape index (κ2) is 7.53. The number of thiophene rings is 1. The molecule has 0 atom stereocenters. The van der Waals surface area contributed by atoms with Crippen LogP contribution in [-0.4, -0.2) is 36.3 Å². The number of hydrogen-bond donors (Lipinski definition) is 1. The number of likely N-dealkylation sites (tertiary alicyclic amines) is 1. The highest BCUT2D eigenvalue weighted by atomic mass is 35.5. The fourth-order valence-electron chi connectivity index (χ4n) is 3.03. The fourth-order valence-corrected chi connectivity index (χ4v) is 4.51. The van der Waals surface area contributed by atoms with Crippen LogP contribution >= 0.6 is 22.9 Å². The molecular weight excluding hydrogens is 344 g/mol. The number of halogens is 1. The van der Waals surface area contributed by atoms with Gasteiger partial charge in [-0.3, -0.25) is 9.59 Å². The summed E-state index contributed by atoms with van der Waals surface area (Å²) in [5.41, 5.74) is 0. The lowest BCUT2D eigenvalue weighted by Crippen LogP contribution is -2.43. The predicted octanol–water partition coefficient (Wildman–Crippen LogP) is 3.93. The second-order valence-electron chi connectivity index (χ2n) is 6.10. The molecule has 4 nitrogen and oxygen atoms in total. The molecule has 0 spiro atoms. The summed E-state index contributed by atoms with van der Waals surface area (Å²) in [6.45, 7) is 3.97. The molecule has 0 saturated carbocycles. The van der Waals surface area contributed by atoms with Crippen LogP contribution in [0.4, 0.5) is 0 Å². The van der Waals surface area contributed by atoms with Crippen LogP contribution in [0.25, 0.3) is 10.1 Å². The number of carbonyl (C=O) groups excluding carboxylic acids is 2. The lowest BCUT2D eigenvalue weighted by Gasteiger charge is -2.31. The molecule has 1 aromatic carbocycles. The van der Waals surface area contributed by atoms with Crippen molar-refractivity contribution in [3.8, 4) is 0 Å². The first-order chi connectivity index (χ1) is 11.6. The Morgan fingerprint density at radius 2 is 2.00 bits per heavy atom. The number of nitrogens with one attached hydrogen (secondary N) is 1. The van der Waals surface area contributed by atoms with Crippen LogP contribution in [0.3, 0.4) is 0 Å². The fraction of sp³-hybridized carbons (Fsp3) is 0.444. The average Bonchev–Trinajstić information content (AvgIpc) is 2.96. The van der Waals surface area contributed by atoms with E-state index in [0.717, 1.165) is 23.1 Å². The van der Waals surface area contributed by atoms with E-state index in [2.05, 4.69) is 5.32 Å².